The summed E-state index contributed by atoms with van der Waals surface area (Å²) in [7, 11) is 2.26. The Hall–Kier alpha value is -5.66. The average Bonchev–Trinajstić information content (AvgIpc) is 3.77. The van der Waals surface area contributed by atoms with Crippen LogP contribution in [0.25, 0.3) is 0 Å². The summed E-state index contributed by atoms with van der Waals surface area (Å²) < 4.78 is 5.52. The monoisotopic (exact) mass is 979 g/mol. The third-order valence-corrected chi connectivity index (χ3v) is 13.0. The van der Waals surface area contributed by atoms with E-state index in [2.05, 4.69) is 37.2 Å². The number of rotatable bonds is 17. The first kappa shape index (κ1) is 55.7. The molecule has 67 heavy (non-hydrogen) atoms. The lowest BCUT2D eigenvalue weighted by Crippen LogP contribution is -2.62. The van der Waals surface area contributed by atoms with Gasteiger partial charge in [0.1, 0.15) is 48.0 Å². The summed E-state index contributed by atoms with van der Waals surface area (Å²) in [4.78, 5) is 135. The van der Waals surface area contributed by atoms with Gasteiger partial charge in [0, 0.05) is 30.9 Å². The molecule has 3 rings (SSSR count). The van der Waals surface area contributed by atoms with E-state index in [9.17, 15) is 53.1 Å². The number of carbonyl (C=O) groups excluding carboxylic acids is 10. The van der Waals surface area contributed by atoms with Crippen molar-refractivity contribution >= 4 is 80.7 Å². The van der Waals surface area contributed by atoms with Gasteiger partial charge in [0.05, 0.1) is 25.7 Å². The van der Waals surface area contributed by atoms with Crippen LogP contribution in [0.2, 0.25) is 0 Å². The van der Waals surface area contributed by atoms with E-state index >= 15 is 0 Å². The molecule has 0 aliphatic carbocycles. The molecule has 25 heteroatoms. The van der Waals surface area contributed by atoms with E-state index in [1.807, 2.05) is 6.92 Å². The fraction of sp³-hybridized carbons (Fsp3) is 0.619. The summed E-state index contributed by atoms with van der Waals surface area (Å²) >= 11 is 0. The second-order valence-corrected chi connectivity index (χ2v) is 19.0. The van der Waals surface area contributed by atoms with Gasteiger partial charge in [-0.3, -0.25) is 47.9 Å². The number of nitrogens with zero attached hydrogens (tertiary/aromatic N) is 1. The first-order valence-electron chi connectivity index (χ1n) is 22.1. The maximum absolute atomic E-state index is 14.4. The molecule has 0 bridgehead atoms. The Morgan fingerprint density at radius 2 is 1.52 bits per heavy atom. The number of amides is 10. The highest BCUT2D eigenvalue weighted by Crippen LogP contribution is 2.26. The van der Waals surface area contributed by atoms with Crippen molar-refractivity contribution in [3.8, 4) is 5.75 Å². The summed E-state index contributed by atoms with van der Waals surface area (Å²) in [5.41, 5.74) is 16.9. The summed E-state index contributed by atoms with van der Waals surface area (Å²) in [6.45, 7) is 6.51. The van der Waals surface area contributed by atoms with E-state index < -0.39 is 126 Å². The molecule has 14 N–H and O–H groups in total. The molecule has 2 fully saturated rings. The second kappa shape index (κ2) is 27.9. The fourth-order valence-corrected chi connectivity index (χ4v) is 9.27. The Bertz CT molecular complexity index is 1930. The van der Waals surface area contributed by atoms with Crippen LogP contribution in [0.1, 0.15) is 71.8 Å². The molecular weight excluding hydrogens is 915 g/mol. The maximum Gasteiger partial charge on any atom is 0.246 e. The molecule has 23 nitrogen and oxygen atoms in total. The van der Waals surface area contributed by atoms with Crippen molar-refractivity contribution in [1.29, 1.82) is 0 Å². The first-order chi connectivity index (χ1) is 31.7. The first-order valence-corrected chi connectivity index (χ1v) is 24.5. The van der Waals surface area contributed by atoms with Gasteiger partial charge in [-0.05, 0) is 69.7 Å². The minimum absolute atomic E-state index is 0.0219. The number of likely N-dealkylation sites (tertiary alicyclic amines) is 1. The number of ether oxygens (including phenoxy) is 1. The third kappa shape index (κ3) is 18.2. The molecule has 2 aliphatic heterocycles. The highest BCUT2D eigenvalue weighted by atomic mass is 33.1. The SMILES string of the molecule is CCOc1ccc(C[C@H]2NC(=O)CCSSC[C@@H](C(=O)N3CCC[C@H]3C(=O)N[C@@H](CCCN)C(=O)NCC(N)=O)NC(=O)[C@H](CC(N)=O)NC(=O)[C@H]([C@@H](C)O)NC(=O)[C@H](C(C)C)NC2=O)cc1. The highest BCUT2D eigenvalue weighted by molar-refractivity contribution is 8.76. The Morgan fingerprint density at radius 1 is 0.866 bits per heavy atom. The molecule has 1 aromatic rings. The standard InChI is InChI=1S/C42H65N11O12S2/c1-5-65-25-12-10-24(11-13-25)18-27-38(60)51-34(22(2)3)40(62)52-35(23(4)54)41(63)49-28(19-31(44)55)37(59)50-29(21-67-66-17-14-33(57)47-27)42(64)53-16-7-9-30(53)39(61)48-26(8-6-15-43)36(58)46-20-32(45)56/h10-13,22-23,26-30,34-35,54H,5-9,14-21,43H2,1-4H3,(H2,44,55)(H2,45,56)(H,46,58)(H,47,57)(H,48,61)(H,49,63)(H,50,59)(H,51,60)(H,52,62)/t23-,26+,27-,28+,29+,30+,34+,35+/m1/s1. The minimum atomic E-state index is -1.74. The lowest BCUT2D eigenvalue weighted by Gasteiger charge is -2.31. The average molecular weight is 980 g/mol. The number of benzene rings is 1. The zero-order valence-corrected chi connectivity index (χ0v) is 39.8. The van der Waals surface area contributed by atoms with Crippen LogP contribution in [0.15, 0.2) is 24.3 Å². The highest BCUT2D eigenvalue weighted by Gasteiger charge is 2.41. The smallest absolute Gasteiger partial charge is 0.246 e. The van der Waals surface area contributed by atoms with Gasteiger partial charge < -0.3 is 69.2 Å². The fourth-order valence-electron chi connectivity index (χ4n) is 7.12. The molecule has 2 heterocycles. The van der Waals surface area contributed by atoms with Crippen molar-refractivity contribution in [2.45, 2.75) is 121 Å². The number of primary amides is 2. The van der Waals surface area contributed by atoms with E-state index in [1.165, 1.54) is 11.8 Å². The summed E-state index contributed by atoms with van der Waals surface area (Å²) in [6.07, 6.45) is -1.44. The minimum Gasteiger partial charge on any atom is -0.494 e. The molecule has 0 spiro atoms. The molecular formula is C42H65N11O12S2. The molecule has 372 valence electrons. The van der Waals surface area contributed by atoms with Gasteiger partial charge in [0.15, 0.2) is 0 Å². The quantitative estimate of drug-likeness (QED) is 0.0677. The van der Waals surface area contributed by atoms with Gasteiger partial charge in [-0.15, -0.1) is 0 Å². The number of carbonyl (C=O) groups is 10. The molecule has 1 aromatic carbocycles. The lowest BCUT2D eigenvalue weighted by atomic mass is 10.00. The van der Waals surface area contributed by atoms with E-state index in [1.54, 1.807) is 38.1 Å². The maximum atomic E-state index is 14.4. The Morgan fingerprint density at radius 3 is 2.13 bits per heavy atom. The van der Waals surface area contributed by atoms with Crippen LogP contribution in [0.5, 0.6) is 5.75 Å². The van der Waals surface area contributed by atoms with Crippen LogP contribution >= 0.6 is 21.6 Å². The van der Waals surface area contributed by atoms with Crippen LogP contribution in [0, 0.1) is 5.92 Å². The van der Waals surface area contributed by atoms with E-state index in [-0.39, 0.29) is 50.3 Å². The van der Waals surface area contributed by atoms with Crippen molar-refractivity contribution in [3.05, 3.63) is 29.8 Å². The van der Waals surface area contributed by atoms with E-state index in [0.29, 0.717) is 30.8 Å². The number of hydrogen-bond acceptors (Lipinski definition) is 15. The zero-order chi connectivity index (χ0) is 49.8. The molecule has 2 aliphatic rings. The Balaban J connectivity index is 1.97. The lowest BCUT2D eigenvalue weighted by molar-refractivity contribution is -0.142. The van der Waals surface area contributed by atoms with Crippen molar-refractivity contribution in [2.24, 2.45) is 23.1 Å². The van der Waals surface area contributed by atoms with Crippen LogP contribution in [-0.2, 0) is 54.4 Å². The predicted octanol–water partition coefficient (Wildman–Crippen LogP) is -3.43. The van der Waals surface area contributed by atoms with Crippen molar-refractivity contribution in [1.82, 2.24) is 42.1 Å². The van der Waals surface area contributed by atoms with Crippen LogP contribution in [0.3, 0.4) is 0 Å². The number of aliphatic hydroxyl groups is 1. The number of aliphatic hydroxyl groups excluding tert-OH is 1. The molecule has 0 radical (unpaired) electrons. The van der Waals surface area contributed by atoms with Crippen molar-refractivity contribution < 1.29 is 57.8 Å². The van der Waals surface area contributed by atoms with Crippen molar-refractivity contribution in [2.75, 3.05) is 37.7 Å². The largest absolute Gasteiger partial charge is 0.494 e. The third-order valence-electron chi connectivity index (χ3n) is 10.6. The van der Waals surface area contributed by atoms with Gasteiger partial charge in [-0.2, -0.15) is 0 Å². The van der Waals surface area contributed by atoms with Gasteiger partial charge >= 0.3 is 0 Å². The normalized spacial score (nSPS) is 23.6. The van der Waals surface area contributed by atoms with E-state index in [0.717, 1.165) is 21.6 Å². The van der Waals surface area contributed by atoms with Gasteiger partial charge in [-0.25, -0.2) is 0 Å². The molecule has 0 unspecified atom stereocenters. The van der Waals surface area contributed by atoms with Crippen molar-refractivity contribution in [3.63, 3.8) is 0 Å². The van der Waals surface area contributed by atoms with E-state index in [4.69, 9.17) is 21.9 Å². The Labute approximate surface area is 396 Å². The number of nitrogens with two attached hydrogens (primary N) is 3. The number of hydrogen-bond donors (Lipinski definition) is 11. The van der Waals surface area contributed by atoms with Crippen LogP contribution < -0.4 is 59.2 Å². The topological polar surface area (TPSA) is 366 Å². The van der Waals surface area contributed by atoms with Gasteiger partial charge in [0.25, 0.3) is 0 Å². The van der Waals surface area contributed by atoms with Gasteiger partial charge in [0.2, 0.25) is 59.1 Å². The zero-order valence-electron chi connectivity index (χ0n) is 38.1. The number of nitrogens with one attached hydrogen (secondary N) is 7. The summed E-state index contributed by atoms with van der Waals surface area (Å²) in [5, 5.41) is 28.5. The summed E-state index contributed by atoms with van der Waals surface area (Å²) in [6, 6.07) is -2.65. The molecule has 10 amide bonds. The van der Waals surface area contributed by atoms with Crippen LogP contribution in [-0.4, -0.2) is 155 Å². The van der Waals surface area contributed by atoms with Gasteiger partial charge in [-0.1, -0.05) is 47.6 Å². The summed E-state index contributed by atoms with van der Waals surface area (Å²) in [5.74, 6) is -8.17. The predicted molar refractivity (Wildman–Crippen MR) is 248 cm³/mol. The molecule has 2 saturated heterocycles. The molecule has 0 aromatic heterocycles. The van der Waals surface area contributed by atoms with Crippen LogP contribution in [0.4, 0.5) is 0 Å². The molecule has 0 saturated carbocycles. The second-order valence-electron chi connectivity index (χ2n) is 16.4. The Kier molecular flexibility index (Phi) is 23.1. The molecule has 8 atom stereocenters.